The van der Waals surface area contributed by atoms with Crippen molar-refractivity contribution in [3.05, 3.63) is 40.6 Å². The minimum atomic E-state index is -1.55. The number of amides is 2. The molecule has 1 aromatic rings. The maximum Gasteiger partial charge on any atom is 1.00 e. The fourth-order valence-electron chi connectivity index (χ4n) is 2.93. The van der Waals surface area contributed by atoms with Crippen LogP contribution in [0, 0.1) is 5.92 Å². The number of nitrogens with two attached hydrogens (primary N) is 1. The molecule has 3 atom stereocenters. The Kier molecular flexibility index (Phi) is 7.34. The third kappa shape index (κ3) is 4.29. The second-order valence-corrected chi connectivity index (χ2v) is 7.06. The average Bonchev–Trinajstić information content (AvgIpc) is 2.89. The monoisotopic (exact) mass is 430 g/mol. The molecule has 0 radical (unpaired) electrons. The van der Waals surface area contributed by atoms with E-state index in [1.165, 1.54) is 31.2 Å². The number of esters is 1. The Labute approximate surface area is 207 Å². The molecule has 0 bridgehead atoms. The molecule has 2 amide bonds. The Balaban J connectivity index is 0.00000280. The molecule has 2 heterocycles. The van der Waals surface area contributed by atoms with Crippen LogP contribution in [0.15, 0.2) is 35.1 Å². The van der Waals surface area contributed by atoms with Crippen molar-refractivity contribution in [1.82, 2.24) is 4.90 Å². The number of benzene rings is 1. The Hall–Kier alpha value is -1.37. The number of β-lactam (4-membered cyclic amide) rings is 1. The number of thioether (sulfide) groups is 1. The number of ether oxygens (including phenoxy) is 2. The molecule has 142 valence electrons. The van der Waals surface area contributed by atoms with E-state index in [-0.39, 0.29) is 73.5 Å². The van der Waals surface area contributed by atoms with Crippen LogP contribution in [0.4, 0.5) is 0 Å². The summed E-state index contributed by atoms with van der Waals surface area (Å²) < 4.78 is 10.6. The predicted molar refractivity (Wildman–Crippen MR) is 90.6 cm³/mol. The van der Waals surface area contributed by atoms with Crippen molar-refractivity contribution < 1.29 is 85.1 Å². The van der Waals surface area contributed by atoms with Crippen LogP contribution in [0.25, 0.3) is 0 Å². The number of hydrogen-bond donors (Lipinski definition) is 1. The minimum Gasteiger partial charge on any atom is -0.543 e. The summed E-state index contributed by atoms with van der Waals surface area (Å²) in [7, 11) is 0. The summed E-state index contributed by atoms with van der Waals surface area (Å²) in [5, 5.41) is 10.9. The number of primary amides is 1. The van der Waals surface area contributed by atoms with E-state index in [1.807, 2.05) is 0 Å². The molecule has 9 nitrogen and oxygen atoms in total. The van der Waals surface area contributed by atoms with Gasteiger partial charge >= 0.3 is 57.4 Å². The van der Waals surface area contributed by atoms with Crippen LogP contribution in [-0.4, -0.2) is 40.1 Å². The van der Waals surface area contributed by atoms with Crippen molar-refractivity contribution >= 4 is 35.5 Å². The van der Waals surface area contributed by atoms with Gasteiger partial charge in [0, 0.05) is 12.5 Å². The van der Waals surface area contributed by atoms with Crippen molar-refractivity contribution in [2.75, 3.05) is 0 Å². The number of fused-ring (bicyclic) bond motifs is 1. The maximum atomic E-state index is 12.4. The Morgan fingerprint density at radius 3 is 2.36 bits per heavy atom. The predicted octanol–water partition coefficient (Wildman–Crippen LogP) is -3.43. The largest absolute Gasteiger partial charge is 1.00 e. The molecule has 1 saturated heterocycles. The van der Waals surface area contributed by atoms with E-state index in [1.54, 1.807) is 6.92 Å². The molecule has 3 rings (SSSR count). The second kappa shape index (κ2) is 8.97. The number of carbonyl (C=O) groups excluding carboxylic acids is 4. The number of carboxylic acid groups (broad SMARTS) is 1. The van der Waals surface area contributed by atoms with Gasteiger partial charge in [0.25, 0.3) is 0 Å². The van der Waals surface area contributed by atoms with Gasteiger partial charge in [-0.15, -0.1) is 0 Å². The summed E-state index contributed by atoms with van der Waals surface area (Å²) in [6, 6.07) is 5.78. The molecule has 0 unspecified atom stereocenters. The molecule has 28 heavy (non-hydrogen) atoms. The van der Waals surface area contributed by atoms with Crippen molar-refractivity contribution in [2.24, 2.45) is 11.7 Å². The quantitative estimate of drug-likeness (QED) is 0.280. The topological polar surface area (TPSA) is 139 Å². The normalized spacial score (nSPS) is 21.2. The molecule has 11 heteroatoms. The third-order valence-corrected chi connectivity index (χ3v) is 5.38. The van der Waals surface area contributed by atoms with Gasteiger partial charge in [-0.1, -0.05) is 11.8 Å². The summed E-state index contributed by atoms with van der Waals surface area (Å²) in [6.07, 6.45) is -0.707. The van der Waals surface area contributed by atoms with Crippen LogP contribution >= 0.6 is 11.8 Å². The van der Waals surface area contributed by atoms with Crippen LogP contribution in [0.3, 0.4) is 0 Å². The van der Waals surface area contributed by atoms with Gasteiger partial charge in [0.2, 0.25) is 11.8 Å². The summed E-state index contributed by atoms with van der Waals surface area (Å²) >= 11 is 1.03. The fraction of sp³-hybridized carbons (Fsp3) is 0.294. The SMILES string of the molecule is CC(=O)O[C@H](C)[C@H]1C(=O)N2C(C(=O)[O-])=C(Oc3ccc(C(N)=O)cc3)S[C@H]12.[K+]. The molecule has 2 N–H and O–H groups in total. The van der Waals surface area contributed by atoms with E-state index in [4.69, 9.17) is 15.2 Å². The standard InChI is InChI=1S/C17H16N2O7S.K/c1-7(25-8(2)20)11-14(22)19-12(16(23)24)17(27-15(11)19)26-10-5-3-9(4-6-10)13(18)21;/h3-7,11,15H,1-2H3,(H2,18,21)(H,23,24);/q;+1/p-1/t7-,11+,15-;/m1./s1. The molecule has 2 aliphatic rings. The molecule has 0 aliphatic carbocycles. The number of hydrogen-bond acceptors (Lipinski definition) is 8. The van der Waals surface area contributed by atoms with Gasteiger partial charge in [0.05, 0.1) is 5.97 Å². The zero-order chi connectivity index (χ0) is 19.9. The molecule has 2 aliphatic heterocycles. The number of carboxylic acids is 1. The summed E-state index contributed by atoms with van der Waals surface area (Å²) in [6.45, 7) is 2.80. The smallest absolute Gasteiger partial charge is 0.543 e. The number of aliphatic carboxylic acids is 1. The van der Waals surface area contributed by atoms with Gasteiger partial charge in [-0.05, 0) is 31.2 Å². The van der Waals surface area contributed by atoms with E-state index in [9.17, 15) is 24.3 Å². The molecular formula is C17H15KN2O7S. The zero-order valence-electron chi connectivity index (χ0n) is 15.3. The summed E-state index contributed by atoms with van der Waals surface area (Å²) in [5.74, 6) is -3.60. The Morgan fingerprint density at radius 2 is 1.86 bits per heavy atom. The van der Waals surface area contributed by atoms with E-state index in [2.05, 4.69) is 0 Å². The van der Waals surface area contributed by atoms with Gasteiger partial charge in [-0.2, -0.15) is 0 Å². The van der Waals surface area contributed by atoms with Crippen molar-refractivity contribution in [2.45, 2.75) is 25.3 Å². The van der Waals surface area contributed by atoms with Crippen LogP contribution in [0.2, 0.25) is 0 Å². The van der Waals surface area contributed by atoms with E-state index >= 15 is 0 Å². The number of carbonyl (C=O) groups is 4. The van der Waals surface area contributed by atoms with Gasteiger partial charge in [0.15, 0.2) is 5.09 Å². The van der Waals surface area contributed by atoms with Gasteiger partial charge in [-0.25, -0.2) is 0 Å². The van der Waals surface area contributed by atoms with E-state index in [0.717, 1.165) is 16.7 Å². The van der Waals surface area contributed by atoms with Gasteiger partial charge < -0.3 is 25.1 Å². The average molecular weight is 430 g/mol. The Bertz CT molecular complexity index is 871. The van der Waals surface area contributed by atoms with Gasteiger partial charge in [-0.3, -0.25) is 19.3 Å². The third-order valence-electron chi connectivity index (χ3n) is 4.15. The van der Waals surface area contributed by atoms with Crippen molar-refractivity contribution in [3.63, 3.8) is 0 Å². The number of nitrogens with zero attached hydrogens (tertiary/aromatic N) is 1. The first-order valence-electron chi connectivity index (χ1n) is 7.91. The van der Waals surface area contributed by atoms with Crippen LogP contribution in [0.1, 0.15) is 24.2 Å². The zero-order valence-corrected chi connectivity index (χ0v) is 19.3. The summed E-state index contributed by atoms with van der Waals surface area (Å²) in [4.78, 5) is 47.2. The minimum absolute atomic E-state index is 0. The van der Waals surface area contributed by atoms with Crippen LogP contribution in [-0.2, 0) is 19.1 Å². The van der Waals surface area contributed by atoms with Crippen molar-refractivity contribution in [1.29, 1.82) is 0 Å². The van der Waals surface area contributed by atoms with E-state index in [0.29, 0.717) is 0 Å². The molecule has 1 aromatic carbocycles. The summed E-state index contributed by atoms with van der Waals surface area (Å²) in [5.41, 5.74) is 5.06. The van der Waals surface area contributed by atoms with Crippen LogP contribution in [0.5, 0.6) is 5.75 Å². The molecule has 0 saturated carbocycles. The molecule has 0 spiro atoms. The van der Waals surface area contributed by atoms with Crippen molar-refractivity contribution in [3.8, 4) is 5.75 Å². The second-order valence-electron chi connectivity index (χ2n) is 5.97. The Morgan fingerprint density at radius 1 is 1.25 bits per heavy atom. The van der Waals surface area contributed by atoms with E-state index < -0.39 is 41.1 Å². The van der Waals surface area contributed by atoms with Crippen LogP contribution < -0.4 is 67.0 Å². The first kappa shape index (κ1) is 22.9. The fourth-order valence-corrected chi connectivity index (χ4v) is 4.39. The molecule has 0 aromatic heterocycles. The molecule has 1 fully saturated rings. The maximum absolute atomic E-state index is 12.4. The van der Waals surface area contributed by atoms with Gasteiger partial charge in [0.1, 0.15) is 28.8 Å². The first-order valence-corrected chi connectivity index (χ1v) is 8.79. The molecular weight excluding hydrogens is 415 g/mol. The number of rotatable bonds is 6. The first-order chi connectivity index (χ1) is 12.7.